The normalized spacial score (nSPS) is 12.9. The lowest BCUT2D eigenvalue weighted by Gasteiger charge is -2.16. The SMILES string of the molecule is CC(C)C(C)Oc1nccc(CN)n1. The van der Waals surface area contributed by atoms with Crippen molar-refractivity contribution >= 4 is 0 Å². The first kappa shape index (κ1) is 10.9. The van der Waals surface area contributed by atoms with Crippen molar-refractivity contribution in [3.8, 4) is 6.01 Å². The molecule has 1 aromatic rings. The van der Waals surface area contributed by atoms with E-state index in [0.717, 1.165) is 5.69 Å². The maximum Gasteiger partial charge on any atom is 0.316 e. The maximum atomic E-state index is 5.54. The molecule has 0 spiro atoms. The minimum Gasteiger partial charge on any atom is -0.460 e. The molecule has 1 aromatic heterocycles. The molecule has 0 amide bonds. The van der Waals surface area contributed by atoms with Crippen molar-refractivity contribution in [1.29, 1.82) is 0 Å². The maximum absolute atomic E-state index is 5.54. The van der Waals surface area contributed by atoms with Crippen LogP contribution in [-0.2, 0) is 6.54 Å². The minimum atomic E-state index is 0.114. The number of nitrogens with two attached hydrogens (primary N) is 1. The van der Waals surface area contributed by atoms with Gasteiger partial charge in [-0.3, -0.25) is 0 Å². The molecule has 1 heterocycles. The molecule has 0 saturated heterocycles. The third-order valence-electron chi connectivity index (χ3n) is 2.13. The van der Waals surface area contributed by atoms with Gasteiger partial charge in [0.2, 0.25) is 0 Å². The lowest BCUT2D eigenvalue weighted by atomic mass is 10.1. The lowest BCUT2D eigenvalue weighted by molar-refractivity contribution is 0.155. The van der Waals surface area contributed by atoms with Crippen molar-refractivity contribution in [2.45, 2.75) is 33.4 Å². The molecule has 0 aliphatic heterocycles. The van der Waals surface area contributed by atoms with E-state index in [0.29, 0.717) is 18.5 Å². The Labute approximate surface area is 84.5 Å². The summed E-state index contributed by atoms with van der Waals surface area (Å²) in [4.78, 5) is 8.18. The van der Waals surface area contributed by atoms with Crippen LogP contribution >= 0.6 is 0 Å². The van der Waals surface area contributed by atoms with E-state index < -0.39 is 0 Å². The summed E-state index contributed by atoms with van der Waals surface area (Å²) in [7, 11) is 0. The summed E-state index contributed by atoms with van der Waals surface area (Å²) < 4.78 is 5.54. The van der Waals surface area contributed by atoms with Crippen LogP contribution in [0.3, 0.4) is 0 Å². The first-order valence-electron chi connectivity index (χ1n) is 4.82. The molecule has 0 bridgehead atoms. The Morgan fingerprint density at radius 2 is 2.14 bits per heavy atom. The van der Waals surface area contributed by atoms with Crippen LogP contribution in [0.1, 0.15) is 26.5 Å². The van der Waals surface area contributed by atoms with Gasteiger partial charge in [-0.05, 0) is 18.9 Å². The molecular formula is C10H17N3O. The van der Waals surface area contributed by atoms with Crippen LogP contribution in [0.5, 0.6) is 6.01 Å². The summed E-state index contributed by atoms with van der Waals surface area (Å²) in [5, 5.41) is 0. The van der Waals surface area contributed by atoms with Gasteiger partial charge in [-0.2, -0.15) is 4.98 Å². The summed E-state index contributed by atoms with van der Waals surface area (Å²) in [5.41, 5.74) is 6.26. The van der Waals surface area contributed by atoms with Crippen molar-refractivity contribution in [2.75, 3.05) is 0 Å². The third-order valence-corrected chi connectivity index (χ3v) is 2.13. The first-order valence-corrected chi connectivity index (χ1v) is 4.82. The number of hydrogen-bond donors (Lipinski definition) is 1. The van der Waals surface area contributed by atoms with Crippen molar-refractivity contribution < 1.29 is 4.74 Å². The first-order chi connectivity index (χ1) is 6.63. The zero-order chi connectivity index (χ0) is 10.6. The van der Waals surface area contributed by atoms with Gasteiger partial charge in [0.1, 0.15) is 6.10 Å². The van der Waals surface area contributed by atoms with Gasteiger partial charge < -0.3 is 10.5 Å². The van der Waals surface area contributed by atoms with E-state index in [1.807, 2.05) is 6.92 Å². The average Bonchev–Trinajstić information content (AvgIpc) is 2.18. The molecule has 0 aliphatic carbocycles. The zero-order valence-corrected chi connectivity index (χ0v) is 8.90. The third kappa shape index (κ3) is 2.96. The second kappa shape index (κ2) is 4.91. The highest BCUT2D eigenvalue weighted by molar-refractivity contribution is 5.05. The quantitative estimate of drug-likeness (QED) is 0.788. The summed E-state index contributed by atoms with van der Waals surface area (Å²) in [6, 6.07) is 2.20. The summed E-state index contributed by atoms with van der Waals surface area (Å²) >= 11 is 0. The van der Waals surface area contributed by atoms with Crippen LogP contribution in [0.4, 0.5) is 0 Å². The van der Waals surface area contributed by atoms with Crippen LogP contribution < -0.4 is 10.5 Å². The van der Waals surface area contributed by atoms with Crippen molar-refractivity contribution in [2.24, 2.45) is 11.7 Å². The summed E-state index contributed by atoms with van der Waals surface area (Å²) in [5.74, 6) is 0.445. The monoisotopic (exact) mass is 195 g/mol. The lowest BCUT2D eigenvalue weighted by Crippen LogP contribution is -2.20. The Hall–Kier alpha value is -1.16. The molecule has 1 unspecified atom stereocenters. The van der Waals surface area contributed by atoms with Crippen LogP contribution in [0.25, 0.3) is 0 Å². The Morgan fingerprint density at radius 1 is 1.43 bits per heavy atom. The standard InChI is InChI=1S/C10H17N3O/c1-7(2)8(3)14-10-12-5-4-9(6-11)13-10/h4-5,7-8H,6,11H2,1-3H3. The van der Waals surface area contributed by atoms with E-state index in [1.165, 1.54) is 0 Å². The van der Waals surface area contributed by atoms with Crippen LogP contribution in [0.2, 0.25) is 0 Å². The Kier molecular flexibility index (Phi) is 3.83. The van der Waals surface area contributed by atoms with Gasteiger partial charge in [-0.1, -0.05) is 13.8 Å². The number of nitrogens with zero attached hydrogens (tertiary/aromatic N) is 2. The van der Waals surface area contributed by atoms with Crippen molar-refractivity contribution in [3.05, 3.63) is 18.0 Å². The van der Waals surface area contributed by atoms with Gasteiger partial charge in [0.15, 0.2) is 0 Å². The predicted octanol–water partition coefficient (Wildman–Crippen LogP) is 1.36. The number of aromatic nitrogens is 2. The number of ether oxygens (including phenoxy) is 1. The molecule has 4 nitrogen and oxygen atoms in total. The van der Waals surface area contributed by atoms with Crippen LogP contribution in [0.15, 0.2) is 12.3 Å². The molecule has 0 aromatic carbocycles. The largest absolute Gasteiger partial charge is 0.460 e. The Balaban J connectivity index is 2.66. The minimum absolute atomic E-state index is 0.114. The fourth-order valence-corrected chi connectivity index (χ4v) is 0.849. The molecule has 0 saturated carbocycles. The van der Waals surface area contributed by atoms with Gasteiger partial charge in [-0.15, -0.1) is 0 Å². The highest BCUT2D eigenvalue weighted by Crippen LogP contribution is 2.10. The van der Waals surface area contributed by atoms with Crippen molar-refractivity contribution in [1.82, 2.24) is 9.97 Å². The summed E-state index contributed by atoms with van der Waals surface area (Å²) in [6.07, 6.45) is 1.78. The van der Waals surface area contributed by atoms with E-state index in [-0.39, 0.29) is 6.10 Å². The molecule has 78 valence electrons. The molecule has 4 heteroatoms. The van der Waals surface area contributed by atoms with Crippen LogP contribution in [-0.4, -0.2) is 16.1 Å². The van der Waals surface area contributed by atoms with Gasteiger partial charge in [0.25, 0.3) is 0 Å². The van der Waals surface area contributed by atoms with Gasteiger partial charge in [0.05, 0.1) is 5.69 Å². The molecule has 1 atom stereocenters. The molecule has 0 aliphatic rings. The van der Waals surface area contributed by atoms with E-state index in [9.17, 15) is 0 Å². The van der Waals surface area contributed by atoms with Gasteiger partial charge in [0, 0.05) is 12.7 Å². The van der Waals surface area contributed by atoms with Crippen LogP contribution in [0, 0.1) is 5.92 Å². The zero-order valence-electron chi connectivity index (χ0n) is 8.90. The fraction of sp³-hybridized carbons (Fsp3) is 0.600. The topological polar surface area (TPSA) is 61.0 Å². The van der Waals surface area contributed by atoms with Gasteiger partial charge >= 0.3 is 6.01 Å². The molecule has 14 heavy (non-hydrogen) atoms. The molecular weight excluding hydrogens is 178 g/mol. The molecule has 1 rings (SSSR count). The Morgan fingerprint density at radius 3 is 2.71 bits per heavy atom. The molecule has 0 radical (unpaired) electrons. The predicted molar refractivity (Wildman–Crippen MR) is 54.9 cm³/mol. The number of rotatable bonds is 4. The van der Waals surface area contributed by atoms with E-state index in [1.54, 1.807) is 12.3 Å². The molecule has 2 N–H and O–H groups in total. The second-order valence-corrected chi connectivity index (χ2v) is 3.60. The smallest absolute Gasteiger partial charge is 0.316 e. The van der Waals surface area contributed by atoms with E-state index in [2.05, 4.69) is 23.8 Å². The highest BCUT2D eigenvalue weighted by atomic mass is 16.5. The molecule has 0 fully saturated rings. The summed E-state index contributed by atoms with van der Waals surface area (Å²) in [6.45, 7) is 6.60. The van der Waals surface area contributed by atoms with E-state index >= 15 is 0 Å². The van der Waals surface area contributed by atoms with Gasteiger partial charge in [-0.25, -0.2) is 4.98 Å². The number of hydrogen-bond acceptors (Lipinski definition) is 4. The van der Waals surface area contributed by atoms with Crippen molar-refractivity contribution in [3.63, 3.8) is 0 Å². The van der Waals surface area contributed by atoms with E-state index in [4.69, 9.17) is 10.5 Å². The second-order valence-electron chi connectivity index (χ2n) is 3.60. The fourth-order valence-electron chi connectivity index (χ4n) is 0.849. The average molecular weight is 195 g/mol. The Bertz CT molecular complexity index is 288. The highest BCUT2D eigenvalue weighted by Gasteiger charge is 2.10.